The summed E-state index contributed by atoms with van der Waals surface area (Å²) in [6, 6.07) is 0. The summed E-state index contributed by atoms with van der Waals surface area (Å²) in [6.07, 6.45) is -1.34. The van der Waals surface area contributed by atoms with E-state index in [0.29, 0.717) is 0 Å². The van der Waals surface area contributed by atoms with E-state index in [9.17, 15) is 4.79 Å². The first-order chi connectivity index (χ1) is 4.61. The summed E-state index contributed by atoms with van der Waals surface area (Å²) in [6.45, 7) is 0. The number of hydrogen-bond donors (Lipinski definition) is 3. The van der Waals surface area contributed by atoms with Crippen molar-refractivity contribution < 1.29 is 20.1 Å². The lowest BCUT2D eigenvalue weighted by Crippen LogP contribution is -2.17. The van der Waals surface area contributed by atoms with Crippen molar-refractivity contribution in [1.82, 2.24) is 0 Å². The molecular formula is C6H10O4. The molecule has 0 aromatic rings. The molecule has 1 aliphatic carbocycles. The van der Waals surface area contributed by atoms with Crippen molar-refractivity contribution in [2.24, 2.45) is 5.92 Å². The van der Waals surface area contributed by atoms with E-state index < -0.39 is 24.1 Å². The second-order valence-corrected chi connectivity index (χ2v) is 2.64. The summed E-state index contributed by atoms with van der Waals surface area (Å²) < 4.78 is 0. The van der Waals surface area contributed by atoms with Crippen LogP contribution in [0.25, 0.3) is 0 Å². The molecule has 0 unspecified atom stereocenters. The number of carboxylic acid groups (broad SMARTS) is 1. The first-order valence-corrected chi connectivity index (χ1v) is 3.20. The maximum atomic E-state index is 10.3. The van der Waals surface area contributed by atoms with Crippen molar-refractivity contribution >= 4 is 5.97 Å². The Kier molecular flexibility index (Phi) is 1.92. The van der Waals surface area contributed by atoms with Crippen LogP contribution in [0.5, 0.6) is 0 Å². The second kappa shape index (κ2) is 2.56. The number of aliphatic hydroxyl groups excluding tert-OH is 2. The minimum Gasteiger partial charge on any atom is -0.481 e. The summed E-state index contributed by atoms with van der Waals surface area (Å²) in [5.41, 5.74) is 0. The summed E-state index contributed by atoms with van der Waals surface area (Å²) in [4.78, 5) is 10.3. The third-order valence-electron chi connectivity index (χ3n) is 1.85. The molecule has 0 aromatic carbocycles. The van der Waals surface area contributed by atoms with Gasteiger partial charge in [0.15, 0.2) is 0 Å². The molecule has 3 atom stereocenters. The number of carbonyl (C=O) groups is 1. The van der Waals surface area contributed by atoms with Gasteiger partial charge in [0.1, 0.15) is 0 Å². The van der Waals surface area contributed by atoms with Crippen LogP contribution < -0.4 is 0 Å². The second-order valence-electron chi connectivity index (χ2n) is 2.64. The predicted octanol–water partition coefficient (Wildman–Crippen LogP) is -0.797. The molecule has 0 radical (unpaired) electrons. The lowest BCUT2D eigenvalue weighted by Gasteiger charge is -2.03. The molecule has 0 aromatic heterocycles. The van der Waals surface area contributed by atoms with Crippen LogP contribution in [0.15, 0.2) is 0 Å². The van der Waals surface area contributed by atoms with Crippen LogP contribution in [-0.4, -0.2) is 33.5 Å². The Morgan fingerprint density at radius 3 is 1.80 bits per heavy atom. The lowest BCUT2D eigenvalue weighted by molar-refractivity contribution is -0.141. The standard InChI is InChI=1S/C6H10O4/c7-4-1-3(6(9)10)2-5(4)8/h3-5,7-8H,1-2H2,(H,9,10)/t3-,4+,5-. The Hall–Kier alpha value is -0.610. The average molecular weight is 146 g/mol. The summed E-state index contributed by atoms with van der Waals surface area (Å²) in [7, 11) is 0. The van der Waals surface area contributed by atoms with Crippen LogP contribution in [-0.2, 0) is 4.79 Å². The number of aliphatic hydroxyl groups is 2. The van der Waals surface area contributed by atoms with E-state index in [-0.39, 0.29) is 12.8 Å². The molecular weight excluding hydrogens is 136 g/mol. The first-order valence-electron chi connectivity index (χ1n) is 3.20. The van der Waals surface area contributed by atoms with E-state index in [1.54, 1.807) is 0 Å². The van der Waals surface area contributed by atoms with Crippen molar-refractivity contribution in [3.63, 3.8) is 0 Å². The van der Waals surface area contributed by atoms with Gasteiger partial charge >= 0.3 is 5.97 Å². The number of rotatable bonds is 1. The topological polar surface area (TPSA) is 77.8 Å². The van der Waals surface area contributed by atoms with Crippen molar-refractivity contribution in [3.8, 4) is 0 Å². The molecule has 0 heterocycles. The Balaban J connectivity index is 2.49. The van der Waals surface area contributed by atoms with Gasteiger partial charge in [-0.25, -0.2) is 0 Å². The van der Waals surface area contributed by atoms with Gasteiger partial charge in [0.2, 0.25) is 0 Å². The van der Waals surface area contributed by atoms with Gasteiger partial charge in [-0.3, -0.25) is 4.79 Å². The maximum absolute atomic E-state index is 10.3. The SMILES string of the molecule is O=C(O)[C@H]1C[C@@H](O)[C@@H](O)C1. The van der Waals surface area contributed by atoms with Gasteiger partial charge in [-0.2, -0.15) is 0 Å². The lowest BCUT2D eigenvalue weighted by atomic mass is 10.1. The molecule has 0 spiro atoms. The smallest absolute Gasteiger partial charge is 0.306 e. The number of aliphatic carboxylic acids is 1. The first kappa shape index (κ1) is 7.50. The molecule has 1 fully saturated rings. The molecule has 1 rings (SSSR count). The van der Waals surface area contributed by atoms with Crippen LogP contribution in [0.4, 0.5) is 0 Å². The Morgan fingerprint density at radius 1 is 1.20 bits per heavy atom. The van der Waals surface area contributed by atoms with Crippen LogP contribution >= 0.6 is 0 Å². The van der Waals surface area contributed by atoms with Crippen molar-refractivity contribution in [1.29, 1.82) is 0 Å². The van der Waals surface area contributed by atoms with Gasteiger partial charge in [-0.05, 0) is 12.8 Å². The fourth-order valence-corrected chi connectivity index (χ4v) is 1.20. The van der Waals surface area contributed by atoms with Crippen LogP contribution in [0.3, 0.4) is 0 Å². The fourth-order valence-electron chi connectivity index (χ4n) is 1.20. The number of hydrogen-bond acceptors (Lipinski definition) is 3. The highest BCUT2D eigenvalue weighted by Gasteiger charge is 2.35. The van der Waals surface area contributed by atoms with E-state index in [4.69, 9.17) is 15.3 Å². The minimum absolute atomic E-state index is 0.177. The molecule has 0 amide bonds. The predicted molar refractivity (Wildman–Crippen MR) is 32.4 cm³/mol. The van der Waals surface area contributed by atoms with E-state index in [0.717, 1.165) is 0 Å². The summed E-state index contributed by atoms with van der Waals surface area (Å²) >= 11 is 0. The third kappa shape index (κ3) is 1.27. The van der Waals surface area contributed by atoms with Crippen molar-refractivity contribution in [2.75, 3.05) is 0 Å². The molecule has 3 N–H and O–H groups in total. The van der Waals surface area contributed by atoms with Crippen LogP contribution in [0, 0.1) is 5.92 Å². The molecule has 4 nitrogen and oxygen atoms in total. The molecule has 58 valence electrons. The zero-order chi connectivity index (χ0) is 7.72. The van der Waals surface area contributed by atoms with Gasteiger partial charge in [0.25, 0.3) is 0 Å². The Bertz CT molecular complexity index is 135. The normalized spacial score (nSPS) is 40.0. The van der Waals surface area contributed by atoms with E-state index in [2.05, 4.69) is 0 Å². The molecule has 1 saturated carbocycles. The van der Waals surface area contributed by atoms with Gasteiger partial charge in [0.05, 0.1) is 18.1 Å². The van der Waals surface area contributed by atoms with Gasteiger partial charge < -0.3 is 15.3 Å². The molecule has 0 saturated heterocycles. The van der Waals surface area contributed by atoms with E-state index in [1.165, 1.54) is 0 Å². The van der Waals surface area contributed by atoms with Crippen molar-refractivity contribution in [2.45, 2.75) is 25.0 Å². The Morgan fingerprint density at radius 2 is 1.60 bits per heavy atom. The van der Waals surface area contributed by atoms with Crippen molar-refractivity contribution in [3.05, 3.63) is 0 Å². The minimum atomic E-state index is -0.935. The quantitative estimate of drug-likeness (QED) is 0.452. The average Bonchev–Trinajstić information content (AvgIpc) is 2.13. The third-order valence-corrected chi connectivity index (χ3v) is 1.85. The number of carboxylic acids is 1. The van der Waals surface area contributed by atoms with Gasteiger partial charge in [-0.15, -0.1) is 0 Å². The highest BCUT2D eigenvalue weighted by Crippen LogP contribution is 2.25. The molecule has 0 bridgehead atoms. The van der Waals surface area contributed by atoms with Gasteiger partial charge in [-0.1, -0.05) is 0 Å². The molecule has 1 aliphatic rings. The highest BCUT2D eigenvalue weighted by atomic mass is 16.4. The highest BCUT2D eigenvalue weighted by molar-refractivity contribution is 5.70. The summed E-state index contributed by atoms with van der Waals surface area (Å²) in [5.74, 6) is -1.50. The summed E-state index contributed by atoms with van der Waals surface area (Å²) in [5, 5.41) is 26.2. The maximum Gasteiger partial charge on any atom is 0.306 e. The van der Waals surface area contributed by atoms with E-state index in [1.807, 2.05) is 0 Å². The monoisotopic (exact) mass is 146 g/mol. The zero-order valence-electron chi connectivity index (χ0n) is 5.40. The van der Waals surface area contributed by atoms with Crippen LogP contribution in [0.2, 0.25) is 0 Å². The molecule has 4 heteroatoms. The Labute approximate surface area is 58.1 Å². The fraction of sp³-hybridized carbons (Fsp3) is 0.833. The van der Waals surface area contributed by atoms with Gasteiger partial charge in [0, 0.05) is 0 Å². The molecule has 0 aliphatic heterocycles. The molecule has 10 heavy (non-hydrogen) atoms. The van der Waals surface area contributed by atoms with E-state index >= 15 is 0 Å². The zero-order valence-corrected chi connectivity index (χ0v) is 5.40. The van der Waals surface area contributed by atoms with Crippen LogP contribution in [0.1, 0.15) is 12.8 Å². The largest absolute Gasteiger partial charge is 0.481 e.